The number of para-hydroxylation sites is 1. The van der Waals surface area contributed by atoms with Crippen molar-refractivity contribution in [2.45, 2.75) is 96.1 Å². The van der Waals surface area contributed by atoms with Crippen LogP contribution in [0, 0.1) is 0 Å². The second kappa shape index (κ2) is 13.2. The van der Waals surface area contributed by atoms with E-state index in [1.807, 2.05) is 67.1 Å². The molecule has 7 rings (SSSR count). The summed E-state index contributed by atoms with van der Waals surface area (Å²) in [6, 6.07) is 10.8. The Labute approximate surface area is 286 Å². The number of fused-ring (bicyclic) bond motifs is 4. The number of carbonyl (C=O) groups is 4. The van der Waals surface area contributed by atoms with Crippen LogP contribution < -0.4 is 10.6 Å². The molecule has 4 aliphatic rings. The molecular weight excluding hydrogens is 624 g/mol. The number of rotatable bonds is 3. The van der Waals surface area contributed by atoms with Crippen LogP contribution in [-0.4, -0.2) is 104 Å². The molecule has 1 atom stereocenters. The molecule has 13 nitrogen and oxygen atoms in total. The monoisotopic (exact) mass is 670 g/mol. The third-order valence-corrected chi connectivity index (χ3v) is 10.4. The van der Waals surface area contributed by atoms with Crippen molar-refractivity contribution in [1.82, 2.24) is 35.1 Å². The SMILES string of the molecule is CC(C)(C)OC(=O)N1CCC(N2Cc3c(ccc4[nH]ncc34)CC[C@@H](NC(=O)N3CCC(N4Cc5ccccc5NC4=O)CC3)C2=O)CC1. The third kappa shape index (κ3) is 6.88. The van der Waals surface area contributed by atoms with Crippen LogP contribution in [0.3, 0.4) is 0 Å². The fourth-order valence-electron chi connectivity index (χ4n) is 7.68. The Morgan fingerprint density at radius 2 is 1.55 bits per heavy atom. The zero-order valence-electron chi connectivity index (χ0n) is 28.5. The Morgan fingerprint density at radius 3 is 2.29 bits per heavy atom. The number of benzene rings is 2. The average molecular weight is 671 g/mol. The lowest BCUT2D eigenvalue weighted by molar-refractivity contribution is -0.137. The minimum atomic E-state index is -0.688. The van der Waals surface area contributed by atoms with Gasteiger partial charge in [0.15, 0.2) is 0 Å². The maximum absolute atomic E-state index is 14.4. The van der Waals surface area contributed by atoms with Gasteiger partial charge in [-0.1, -0.05) is 24.3 Å². The first-order chi connectivity index (χ1) is 23.5. The van der Waals surface area contributed by atoms with Gasteiger partial charge in [0.1, 0.15) is 11.6 Å². The van der Waals surface area contributed by atoms with Gasteiger partial charge in [-0.3, -0.25) is 9.89 Å². The quantitative estimate of drug-likeness (QED) is 0.365. The first-order valence-corrected chi connectivity index (χ1v) is 17.5. The van der Waals surface area contributed by atoms with E-state index in [4.69, 9.17) is 4.74 Å². The molecule has 0 aliphatic carbocycles. The smallest absolute Gasteiger partial charge is 0.410 e. The minimum Gasteiger partial charge on any atom is -0.444 e. The van der Waals surface area contributed by atoms with Crippen LogP contribution in [0.5, 0.6) is 0 Å². The van der Waals surface area contributed by atoms with Crippen molar-refractivity contribution in [2.24, 2.45) is 0 Å². The zero-order chi connectivity index (χ0) is 34.3. The van der Waals surface area contributed by atoms with E-state index in [2.05, 4.69) is 26.9 Å². The summed E-state index contributed by atoms with van der Waals surface area (Å²) in [6.45, 7) is 8.48. The van der Waals surface area contributed by atoms with E-state index in [9.17, 15) is 19.2 Å². The highest BCUT2D eigenvalue weighted by atomic mass is 16.6. The Balaban J connectivity index is 1.03. The van der Waals surface area contributed by atoms with Gasteiger partial charge in [0.05, 0.1) is 11.7 Å². The summed E-state index contributed by atoms with van der Waals surface area (Å²) in [5.41, 5.74) is 4.49. The van der Waals surface area contributed by atoms with Crippen molar-refractivity contribution in [1.29, 1.82) is 0 Å². The van der Waals surface area contributed by atoms with Crippen LogP contribution in [0.4, 0.5) is 20.1 Å². The largest absolute Gasteiger partial charge is 0.444 e. The van der Waals surface area contributed by atoms with Crippen LogP contribution in [0.1, 0.15) is 69.6 Å². The normalized spacial score (nSPS) is 21.1. The highest BCUT2D eigenvalue weighted by Gasteiger charge is 2.38. The predicted molar refractivity (Wildman–Crippen MR) is 184 cm³/mol. The summed E-state index contributed by atoms with van der Waals surface area (Å²) < 4.78 is 5.60. The number of piperidine rings is 2. The molecule has 5 heterocycles. The first kappa shape index (κ1) is 32.7. The summed E-state index contributed by atoms with van der Waals surface area (Å²) in [5.74, 6) is -0.103. The Kier molecular flexibility index (Phi) is 8.84. The fourth-order valence-corrected chi connectivity index (χ4v) is 7.68. The lowest BCUT2D eigenvalue weighted by Gasteiger charge is -2.42. The van der Waals surface area contributed by atoms with E-state index in [-0.39, 0.29) is 36.1 Å². The van der Waals surface area contributed by atoms with E-state index < -0.39 is 11.6 Å². The zero-order valence-corrected chi connectivity index (χ0v) is 28.5. The van der Waals surface area contributed by atoms with E-state index >= 15 is 0 Å². The lowest BCUT2D eigenvalue weighted by Crippen LogP contribution is -2.58. The standard InChI is InChI=1S/C36H46N8O5/c1-36(2,3)49-35(48)42-18-14-25(15-19-42)43-22-28-23(8-10-30-27(28)20-37-40-30)9-11-31(32(43)45)39-33(46)41-16-12-26(13-17-41)44-21-24-6-4-5-7-29(24)38-34(44)47/h4-8,10,20,25-26,31H,9,11-19,21-22H2,1-3H3,(H,37,40)(H,38,47)(H,39,46)/t31-/m1/s1. The summed E-state index contributed by atoms with van der Waals surface area (Å²) in [4.78, 5) is 61.1. The number of amides is 6. The molecule has 0 bridgehead atoms. The third-order valence-electron chi connectivity index (χ3n) is 10.4. The van der Waals surface area contributed by atoms with Crippen LogP contribution >= 0.6 is 0 Å². The molecule has 6 amide bonds. The van der Waals surface area contributed by atoms with Crippen molar-refractivity contribution in [3.05, 3.63) is 59.3 Å². The number of nitrogens with zero attached hydrogens (tertiary/aromatic N) is 5. The number of H-pyrrole nitrogens is 1. The van der Waals surface area contributed by atoms with Crippen LogP contribution in [0.2, 0.25) is 0 Å². The average Bonchev–Trinajstić information content (AvgIpc) is 3.57. The molecule has 3 N–H and O–H groups in total. The molecule has 0 unspecified atom stereocenters. The lowest BCUT2D eigenvalue weighted by atomic mass is 9.92. The number of aryl methyl sites for hydroxylation is 1. The summed E-state index contributed by atoms with van der Waals surface area (Å²) >= 11 is 0. The van der Waals surface area contributed by atoms with Crippen LogP contribution in [-0.2, 0) is 29.0 Å². The van der Waals surface area contributed by atoms with Crippen molar-refractivity contribution in [3.63, 3.8) is 0 Å². The summed E-state index contributed by atoms with van der Waals surface area (Å²) in [6.07, 6.45) is 5.16. The molecular formula is C36H46N8O5. The number of likely N-dealkylation sites (tertiary alicyclic amines) is 2. The topological polar surface area (TPSA) is 143 Å². The fraction of sp³-hybridized carbons (Fsp3) is 0.528. The van der Waals surface area contributed by atoms with Gasteiger partial charge in [-0.15, -0.1) is 0 Å². The van der Waals surface area contributed by atoms with Crippen LogP contribution in [0.15, 0.2) is 42.6 Å². The molecule has 3 aromatic rings. The molecule has 0 saturated carbocycles. The number of anilines is 1. The Hall–Kier alpha value is -4.81. The van der Waals surface area contributed by atoms with Gasteiger partial charge in [0.2, 0.25) is 5.91 Å². The summed E-state index contributed by atoms with van der Waals surface area (Å²) in [7, 11) is 0. The highest BCUT2D eigenvalue weighted by molar-refractivity contribution is 5.92. The first-order valence-electron chi connectivity index (χ1n) is 17.5. The van der Waals surface area contributed by atoms with Crippen molar-refractivity contribution in [3.8, 4) is 0 Å². The Morgan fingerprint density at radius 1 is 0.857 bits per heavy atom. The molecule has 2 fully saturated rings. The van der Waals surface area contributed by atoms with Gasteiger partial charge in [0.25, 0.3) is 0 Å². The second-order valence-corrected chi connectivity index (χ2v) is 14.7. The minimum absolute atomic E-state index is 0.0266. The molecule has 13 heteroatoms. The number of carbonyl (C=O) groups excluding carboxylic acids is 4. The Bertz CT molecular complexity index is 1730. The summed E-state index contributed by atoms with van der Waals surface area (Å²) in [5, 5.41) is 14.4. The second-order valence-electron chi connectivity index (χ2n) is 14.7. The maximum Gasteiger partial charge on any atom is 0.410 e. The van der Waals surface area contributed by atoms with Gasteiger partial charge in [-0.2, -0.15) is 5.10 Å². The molecule has 0 radical (unpaired) electrons. The molecule has 2 aromatic carbocycles. The van der Waals surface area contributed by atoms with Gasteiger partial charge in [-0.05, 0) is 88.1 Å². The molecule has 4 aliphatic heterocycles. The van der Waals surface area contributed by atoms with E-state index in [0.717, 1.165) is 33.3 Å². The van der Waals surface area contributed by atoms with Gasteiger partial charge in [0, 0.05) is 62.4 Å². The number of hydrogen-bond donors (Lipinski definition) is 3. The van der Waals surface area contributed by atoms with Crippen molar-refractivity contribution < 1.29 is 23.9 Å². The number of aromatic nitrogens is 2. The van der Waals surface area contributed by atoms with Gasteiger partial charge < -0.3 is 35.0 Å². The van der Waals surface area contributed by atoms with Crippen molar-refractivity contribution >= 4 is 40.7 Å². The molecule has 2 saturated heterocycles. The molecule has 1 aromatic heterocycles. The number of urea groups is 2. The number of nitrogens with one attached hydrogen (secondary N) is 3. The van der Waals surface area contributed by atoms with Crippen molar-refractivity contribution in [2.75, 3.05) is 31.5 Å². The van der Waals surface area contributed by atoms with E-state index in [1.54, 1.807) is 9.80 Å². The molecule has 0 spiro atoms. The molecule has 49 heavy (non-hydrogen) atoms. The number of aromatic amines is 1. The maximum atomic E-state index is 14.4. The van der Waals surface area contributed by atoms with Gasteiger partial charge >= 0.3 is 18.2 Å². The van der Waals surface area contributed by atoms with Crippen LogP contribution in [0.25, 0.3) is 10.9 Å². The molecule has 260 valence electrons. The van der Waals surface area contributed by atoms with E-state index in [1.165, 1.54) is 0 Å². The van der Waals surface area contributed by atoms with E-state index in [0.29, 0.717) is 77.8 Å². The number of ether oxygens (including phenoxy) is 1. The number of hydrogen-bond acceptors (Lipinski definition) is 6. The van der Waals surface area contributed by atoms with Gasteiger partial charge in [-0.25, -0.2) is 14.4 Å². The predicted octanol–water partition coefficient (Wildman–Crippen LogP) is 4.83. The highest BCUT2D eigenvalue weighted by Crippen LogP contribution is 2.31.